The van der Waals surface area contributed by atoms with Crippen LogP contribution in [-0.2, 0) is 6.42 Å². The van der Waals surface area contributed by atoms with E-state index in [0.717, 1.165) is 51.3 Å². The average molecular weight is 392 g/mol. The average Bonchev–Trinajstić information content (AvgIpc) is 2.75. The molecular weight excluding hydrogens is 354 g/mol. The maximum Gasteiger partial charge on any atom is 0.128 e. The lowest BCUT2D eigenvalue weighted by atomic mass is 9.94. The third-order valence-electron chi connectivity index (χ3n) is 5.95. The summed E-state index contributed by atoms with van der Waals surface area (Å²) in [6.07, 6.45) is 8.93. The zero-order chi connectivity index (χ0) is 20.5. The zero-order valence-electron chi connectivity index (χ0n) is 18.5. The monoisotopic (exact) mass is 391 g/mol. The Hall–Kier alpha value is -2.13. The molecule has 0 spiro atoms. The van der Waals surface area contributed by atoms with Crippen LogP contribution >= 0.6 is 0 Å². The van der Waals surface area contributed by atoms with Crippen LogP contribution in [-0.4, -0.2) is 42.6 Å². The minimum absolute atomic E-state index is 0.630. The van der Waals surface area contributed by atoms with Crippen molar-refractivity contribution in [3.63, 3.8) is 0 Å². The van der Waals surface area contributed by atoms with Gasteiger partial charge in [0.05, 0.1) is 0 Å². The molecule has 0 fully saturated rings. The van der Waals surface area contributed by atoms with Gasteiger partial charge < -0.3 is 9.80 Å². The molecule has 0 saturated heterocycles. The molecule has 0 amide bonds. The van der Waals surface area contributed by atoms with Gasteiger partial charge in [-0.3, -0.25) is 0 Å². The highest BCUT2D eigenvalue weighted by Gasteiger charge is 2.16. The van der Waals surface area contributed by atoms with E-state index in [1.54, 1.807) is 0 Å². The molecule has 0 bridgehead atoms. The molecule has 1 atom stereocenters. The molecule has 3 nitrogen and oxygen atoms in total. The molecule has 29 heavy (non-hydrogen) atoms. The molecule has 3 rings (SSSR count). The van der Waals surface area contributed by atoms with Gasteiger partial charge in [-0.1, -0.05) is 57.2 Å². The number of anilines is 1. The SMILES string of the molecule is CCCN(CC)CCc1ccc(/C2=C/CC(C)CN(c3ccccn3)CC2)cc1. The van der Waals surface area contributed by atoms with E-state index in [4.69, 9.17) is 0 Å². The molecule has 1 aromatic heterocycles. The molecule has 0 N–H and O–H groups in total. The molecule has 0 aliphatic carbocycles. The molecule has 1 aliphatic rings. The first-order valence-electron chi connectivity index (χ1n) is 11.4. The summed E-state index contributed by atoms with van der Waals surface area (Å²) < 4.78 is 0. The number of rotatable bonds is 8. The first kappa shape index (κ1) is 21.6. The lowest BCUT2D eigenvalue weighted by molar-refractivity contribution is 0.292. The van der Waals surface area contributed by atoms with E-state index in [1.807, 2.05) is 12.3 Å². The molecule has 2 heterocycles. The quantitative estimate of drug-likeness (QED) is 0.577. The van der Waals surface area contributed by atoms with Crippen molar-refractivity contribution in [2.24, 2.45) is 5.92 Å². The standard InChI is InChI=1S/C26H37N3/c1-4-18-28(5-2)19-15-23-10-13-24(14-11-23)25-12-9-22(3)21-29(20-16-25)26-8-6-7-17-27-26/h6-8,10-14,17,22H,4-5,9,15-16,18-21H2,1-3H3/b25-12+. The van der Waals surface area contributed by atoms with E-state index in [-0.39, 0.29) is 0 Å². The normalized spacial score (nSPS) is 19.5. The summed E-state index contributed by atoms with van der Waals surface area (Å²) in [6, 6.07) is 15.5. The van der Waals surface area contributed by atoms with Crippen LogP contribution in [0.5, 0.6) is 0 Å². The molecule has 156 valence electrons. The van der Waals surface area contributed by atoms with E-state index in [9.17, 15) is 0 Å². The Kier molecular flexibility index (Phi) is 8.30. The van der Waals surface area contributed by atoms with Gasteiger partial charge in [0, 0.05) is 25.8 Å². The van der Waals surface area contributed by atoms with Crippen molar-refractivity contribution >= 4 is 11.4 Å². The molecule has 0 saturated carbocycles. The first-order chi connectivity index (χ1) is 14.2. The van der Waals surface area contributed by atoms with Crippen molar-refractivity contribution in [1.29, 1.82) is 0 Å². The maximum atomic E-state index is 4.58. The van der Waals surface area contributed by atoms with E-state index in [0.29, 0.717) is 5.92 Å². The summed E-state index contributed by atoms with van der Waals surface area (Å²) in [5.74, 6) is 1.73. The molecule has 1 aromatic carbocycles. The maximum absolute atomic E-state index is 4.58. The van der Waals surface area contributed by atoms with Gasteiger partial charge in [0.25, 0.3) is 0 Å². The number of hydrogen-bond donors (Lipinski definition) is 0. The van der Waals surface area contributed by atoms with Crippen LogP contribution in [0.1, 0.15) is 51.2 Å². The highest BCUT2D eigenvalue weighted by molar-refractivity contribution is 5.66. The Morgan fingerprint density at radius 2 is 1.90 bits per heavy atom. The fourth-order valence-electron chi connectivity index (χ4n) is 4.17. The number of benzene rings is 1. The predicted octanol–water partition coefficient (Wildman–Crippen LogP) is 5.68. The second-order valence-corrected chi connectivity index (χ2v) is 8.34. The molecular formula is C26H37N3. The van der Waals surface area contributed by atoms with E-state index in [1.165, 1.54) is 29.7 Å². The first-order valence-corrected chi connectivity index (χ1v) is 11.4. The summed E-state index contributed by atoms with van der Waals surface area (Å²) in [5.41, 5.74) is 4.30. The largest absolute Gasteiger partial charge is 0.356 e. The number of hydrogen-bond acceptors (Lipinski definition) is 3. The van der Waals surface area contributed by atoms with Crippen LogP contribution in [0.25, 0.3) is 5.57 Å². The van der Waals surface area contributed by atoms with Crippen molar-refractivity contribution < 1.29 is 0 Å². The lowest BCUT2D eigenvalue weighted by Crippen LogP contribution is -2.31. The molecule has 0 radical (unpaired) electrons. The Labute approximate surface area is 177 Å². The van der Waals surface area contributed by atoms with Crippen molar-refractivity contribution in [1.82, 2.24) is 9.88 Å². The van der Waals surface area contributed by atoms with Gasteiger partial charge >= 0.3 is 0 Å². The minimum atomic E-state index is 0.630. The van der Waals surface area contributed by atoms with Crippen LogP contribution in [0, 0.1) is 5.92 Å². The summed E-state index contributed by atoms with van der Waals surface area (Å²) in [7, 11) is 0. The smallest absolute Gasteiger partial charge is 0.128 e. The highest BCUT2D eigenvalue weighted by atomic mass is 15.2. The van der Waals surface area contributed by atoms with Gasteiger partial charge in [0.15, 0.2) is 0 Å². The molecule has 1 aliphatic heterocycles. The van der Waals surface area contributed by atoms with Crippen LogP contribution in [0.15, 0.2) is 54.7 Å². The lowest BCUT2D eigenvalue weighted by Gasteiger charge is -2.29. The third-order valence-corrected chi connectivity index (χ3v) is 5.95. The van der Waals surface area contributed by atoms with E-state index < -0.39 is 0 Å². The number of allylic oxidation sites excluding steroid dienone is 1. The Bertz CT molecular complexity index is 751. The van der Waals surface area contributed by atoms with Crippen molar-refractivity contribution in [3.05, 3.63) is 65.9 Å². The van der Waals surface area contributed by atoms with Gasteiger partial charge in [0.2, 0.25) is 0 Å². The van der Waals surface area contributed by atoms with Gasteiger partial charge in [-0.15, -0.1) is 0 Å². The van der Waals surface area contributed by atoms with Gasteiger partial charge in [-0.25, -0.2) is 4.98 Å². The Morgan fingerprint density at radius 1 is 1.07 bits per heavy atom. The number of aromatic nitrogens is 1. The zero-order valence-corrected chi connectivity index (χ0v) is 18.5. The topological polar surface area (TPSA) is 19.4 Å². The Balaban J connectivity index is 1.64. The second-order valence-electron chi connectivity index (χ2n) is 8.34. The molecule has 1 unspecified atom stereocenters. The van der Waals surface area contributed by atoms with Crippen LogP contribution in [0.2, 0.25) is 0 Å². The summed E-state index contributed by atoms with van der Waals surface area (Å²) in [4.78, 5) is 9.56. The number of nitrogens with zero attached hydrogens (tertiary/aromatic N) is 3. The van der Waals surface area contributed by atoms with Crippen molar-refractivity contribution in [3.8, 4) is 0 Å². The fraction of sp³-hybridized carbons (Fsp3) is 0.500. The second kappa shape index (κ2) is 11.2. The van der Waals surface area contributed by atoms with Crippen molar-refractivity contribution in [2.75, 3.05) is 37.6 Å². The minimum Gasteiger partial charge on any atom is -0.356 e. The highest BCUT2D eigenvalue weighted by Crippen LogP contribution is 2.26. The van der Waals surface area contributed by atoms with Crippen LogP contribution < -0.4 is 4.90 Å². The molecule has 3 heteroatoms. The van der Waals surface area contributed by atoms with Gasteiger partial charge in [-0.2, -0.15) is 0 Å². The van der Waals surface area contributed by atoms with Gasteiger partial charge in [0.1, 0.15) is 5.82 Å². The summed E-state index contributed by atoms with van der Waals surface area (Å²) in [5, 5.41) is 0. The number of pyridine rings is 1. The summed E-state index contributed by atoms with van der Waals surface area (Å²) in [6.45, 7) is 12.5. The number of likely N-dealkylation sites (N-methyl/N-ethyl adjacent to an activating group) is 1. The fourth-order valence-corrected chi connectivity index (χ4v) is 4.17. The van der Waals surface area contributed by atoms with Crippen molar-refractivity contribution in [2.45, 2.75) is 46.5 Å². The van der Waals surface area contributed by atoms with Crippen LogP contribution in [0.4, 0.5) is 5.82 Å². The summed E-state index contributed by atoms with van der Waals surface area (Å²) >= 11 is 0. The third kappa shape index (κ3) is 6.43. The van der Waals surface area contributed by atoms with E-state index >= 15 is 0 Å². The Morgan fingerprint density at radius 3 is 2.59 bits per heavy atom. The molecule has 2 aromatic rings. The predicted molar refractivity (Wildman–Crippen MR) is 125 cm³/mol. The van der Waals surface area contributed by atoms with E-state index in [2.05, 4.69) is 78.0 Å². The van der Waals surface area contributed by atoms with Crippen LogP contribution in [0.3, 0.4) is 0 Å². The van der Waals surface area contributed by atoms with Gasteiger partial charge in [-0.05, 0) is 73.5 Å².